The summed E-state index contributed by atoms with van der Waals surface area (Å²) >= 11 is 1.62. The SMILES string of the molecule is Cc1noc(-c2ccccc2C(=O)N2CCN(c3nccs3)CC2)n1. The van der Waals surface area contributed by atoms with Crippen molar-refractivity contribution in [1.82, 2.24) is 20.0 Å². The molecule has 2 aromatic heterocycles. The van der Waals surface area contributed by atoms with Gasteiger partial charge in [-0.15, -0.1) is 11.3 Å². The summed E-state index contributed by atoms with van der Waals surface area (Å²) in [5, 5.41) is 6.80. The fourth-order valence-corrected chi connectivity index (χ4v) is 3.60. The predicted octanol–water partition coefficient (Wildman–Crippen LogP) is 2.46. The number of amides is 1. The van der Waals surface area contributed by atoms with Crippen molar-refractivity contribution in [2.75, 3.05) is 31.1 Å². The molecule has 3 heterocycles. The van der Waals surface area contributed by atoms with E-state index >= 15 is 0 Å². The summed E-state index contributed by atoms with van der Waals surface area (Å²) in [6.45, 7) is 4.64. The number of carbonyl (C=O) groups is 1. The standard InChI is InChI=1S/C17H17N5O2S/c1-12-19-15(24-20-12)13-4-2-3-5-14(13)16(23)21-7-9-22(10-8-21)17-18-6-11-25-17/h2-6,11H,7-10H2,1H3. The molecule has 8 heteroatoms. The van der Waals surface area contributed by atoms with Crippen LogP contribution in [0.5, 0.6) is 0 Å². The van der Waals surface area contributed by atoms with Crippen LogP contribution in [0.25, 0.3) is 11.5 Å². The summed E-state index contributed by atoms with van der Waals surface area (Å²) < 4.78 is 5.25. The van der Waals surface area contributed by atoms with Crippen LogP contribution in [-0.4, -0.2) is 52.1 Å². The minimum absolute atomic E-state index is 0.00904. The van der Waals surface area contributed by atoms with Gasteiger partial charge in [-0.1, -0.05) is 17.3 Å². The molecule has 4 rings (SSSR count). The summed E-state index contributed by atoms with van der Waals surface area (Å²) in [7, 11) is 0. The highest BCUT2D eigenvalue weighted by Gasteiger charge is 2.26. The van der Waals surface area contributed by atoms with E-state index in [-0.39, 0.29) is 5.91 Å². The first-order valence-corrected chi connectivity index (χ1v) is 8.94. The lowest BCUT2D eigenvalue weighted by Crippen LogP contribution is -2.48. The fourth-order valence-electron chi connectivity index (χ4n) is 2.91. The molecule has 0 unspecified atom stereocenters. The van der Waals surface area contributed by atoms with E-state index in [1.807, 2.05) is 34.5 Å². The molecule has 0 spiro atoms. The van der Waals surface area contributed by atoms with Gasteiger partial charge in [-0.2, -0.15) is 4.98 Å². The number of hydrogen-bond acceptors (Lipinski definition) is 7. The number of piperazine rings is 1. The van der Waals surface area contributed by atoms with E-state index < -0.39 is 0 Å². The van der Waals surface area contributed by atoms with Crippen molar-refractivity contribution in [2.45, 2.75) is 6.92 Å². The number of aromatic nitrogens is 3. The van der Waals surface area contributed by atoms with Crippen LogP contribution in [0.1, 0.15) is 16.2 Å². The molecule has 0 saturated carbocycles. The molecule has 1 aromatic carbocycles. The summed E-state index contributed by atoms with van der Waals surface area (Å²) in [6, 6.07) is 7.37. The average Bonchev–Trinajstić information content (AvgIpc) is 3.33. The number of anilines is 1. The molecule has 0 aliphatic carbocycles. The van der Waals surface area contributed by atoms with Crippen molar-refractivity contribution in [1.29, 1.82) is 0 Å². The van der Waals surface area contributed by atoms with Gasteiger partial charge in [-0.25, -0.2) is 4.98 Å². The molecular weight excluding hydrogens is 338 g/mol. The van der Waals surface area contributed by atoms with E-state index in [0.29, 0.717) is 35.9 Å². The number of hydrogen-bond donors (Lipinski definition) is 0. The molecular formula is C17H17N5O2S. The van der Waals surface area contributed by atoms with E-state index in [4.69, 9.17) is 4.52 Å². The van der Waals surface area contributed by atoms with Gasteiger partial charge in [0.25, 0.3) is 11.8 Å². The molecule has 1 aliphatic heterocycles. The molecule has 25 heavy (non-hydrogen) atoms. The van der Waals surface area contributed by atoms with Gasteiger partial charge in [-0.05, 0) is 19.1 Å². The Morgan fingerprint density at radius 2 is 2.00 bits per heavy atom. The smallest absolute Gasteiger partial charge is 0.258 e. The first kappa shape index (κ1) is 15.8. The first-order valence-electron chi connectivity index (χ1n) is 8.06. The van der Waals surface area contributed by atoms with Crippen molar-refractivity contribution in [3.8, 4) is 11.5 Å². The average molecular weight is 355 g/mol. The molecule has 1 saturated heterocycles. The maximum Gasteiger partial charge on any atom is 0.258 e. The Kier molecular flexibility index (Phi) is 4.19. The lowest BCUT2D eigenvalue weighted by Gasteiger charge is -2.34. The highest BCUT2D eigenvalue weighted by Crippen LogP contribution is 2.25. The minimum Gasteiger partial charge on any atom is -0.345 e. The van der Waals surface area contributed by atoms with Crippen molar-refractivity contribution in [2.24, 2.45) is 0 Å². The Bertz CT molecular complexity index is 869. The highest BCUT2D eigenvalue weighted by molar-refractivity contribution is 7.13. The number of aryl methyl sites for hydroxylation is 1. The summed E-state index contributed by atoms with van der Waals surface area (Å²) in [5.41, 5.74) is 1.27. The molecule has 1 aliphatic rings. The third kappa shape index (κ3) is 3.12. The van der Waals surface area contributed by atoms with Crippen LogP contribution < -0.4 is 4.90 Å². The van der Waals surface area contributed by atoms with Crippen LogP contribution in [0.2, 0.25) is 0 Å². The third-order valence-electron chi connectivity index (χ3n) is 4.17. The zero-order valence-corrected chi connectivity index (χ0v) is 14.6. The molecule has 1 amide bonds. The topological polar surface area (TPSA) is 75.4 Å². The van der Waals surface area contributed by atoms with Gasteiger partial charge in [0.05, 0.1) is 11.1 Å². The third-order valence-corrected chi connectivity index (χ3v) is 5.00. The lowest BCUT2D eigenvalue weighted by atomic mass is 10.1. The van der Waals surface area contributed by atoms with Crippen LogP contribution >= 0.6 is 11.3 Å². The van der Waals surface area contributed by atoms with Crippen molar-refractivity contribution in [3.05, 3.63) is 47.2 Å². The second-order valence-corrected chi connectivity index (χ2v) is 6.66. The van der Waals surface area contributed by atoms with E-state index in [1.54, 1.807) is 24.5 Å². The molecule has 0 radical (unpaired) electrons. The zero-order valence-electron chi connectivity index (χ0n) is 13.8. The summed E-state index contributed by atoms with van der Waals surface area (Å²) in [5.74, 6) is 0.919. The quantitative estimate of drug-likeness (QED) is 0.718. The Labute approximate surface area is 148 Å². The number of nitrogens with zero attached hydrogens (tertiary/aromatic N) is 5. The van der Waals surface area contributed by atoms with E-state index in [0.717, 1.165) is 18.2 Å². The number of benzene rings is 1. The largest absolute Gasteiger partial charge is 0.345 e. The van der Waals surface area contributed by atoms with Crippen LogP contribution in [0.3, 0.4) is 0 Å². The number of carbonyl (C=O) groups excluding carboxylic acids is 1. The summed E-state index contributed by atoms with van der Waals surface area (Å²) in [6.07, 6.45) is 1.81. The van der Waals surface area contributed by atoms with Crippen molar-refractivity contribution < 1.29 is 9.32 Å². The van der Waals surface area contributed by atoms with Gasteiger partial charge in [0, 0.05) is 37.8 Å². The summed E-state index contributed by atoms with van der Waals surface area (Å²) in [4.78, 5) is 25.7. The molecule has 1 fully saturated rings. The Hall–Kier alpha value is -2.74. The lowest BCUT2D eigenvalue weighted by molar-refractivity contribution is 0.0747. The van der Waals surface area contributed by atoms with Crippen LogP contribution in [0.15, 0.2) is 40.4 Å². The van der Waals surface area contributed by atoms with Crippen LogP contribution in [-0.2, 0) is 0 Å². The zero-order chi connectivity index (χ0) is 17.2. The Morgan fingerprint density at radius 1 is 1.20 bits per heavy atom. The molecule has 7 nitrogen and oxygen atoms in total. The van der Waals surface area contributed by atoms with Crippen molar-refractivity contribution >= 4 is 22.4 Å². The molecule has 3 aromatic rings. The molecule has 0 N–H and O–H groups in total. The van der Waals surface area contributed by atoms with Gasteiger partial charge < -0.3 is 14.3 Å². The van der Waals surface area contributed by atoms with Gasteiger partial charge >= 0.3 is 0 Å². The molecule has 128 valence electrons. The Balaban J connectivity index is 1.52. The van der Waals surface area contributed by atoms with Gasteiger partial charge in [0.1, 0.15) is 0 Å². The first-order chi connectivity index (χ1) is 12.2. The van der Waals surface area contributed by atoms with Gasteiger partial charge in [-0.3, -0.25) is 4.79 Å². The normalized spacial score (nSPS) is 14.8. The van der Waals surface area contributed by atoms with Gasteiger partial charge in [0.15, 0.2) is 11.0 Å². The van der Waals surface area contributed by atoms with Gasteiger partial charge in [0.2, 0.25) is 0 Å². The second kappa shape index (κ2) is 6.64. The van der Waals surface area contributed by atoms with E-state index in [9.17, 15) is 4.79 Å². The van der Waals surface area contributed by atoms with Crippen molar-refractivity contribution in [3.63, 3.8) is 0 Å². The molecule has 0 atom stereocenters. The van der Waals surface area contributed by atoms with E-state index in [2.05, 4.69) is 20.0 Å². The monoisotopic (exact) mass is 355 g/mol. The fraction of sp³-hybridized carbons (Fsp3) is 0.294. The number of rotatable bonds is 3. The highest BCUT2D eigenvalue weighted by atomic mass is 32.1. The van der Waals surface area contributed by atoms with E-state index in [1.165, 1.54) is 0 Å². The number of thiazole rings is 1. The molecule has 0 bridgehead atoms. The second-order valence-electron chi connectivity index (χ2n) is 5.79. The minimum atomic E-state index is -0.00904. The van der Waals surface area contributed by atoms with Crippen LogP contribution in [0.4, 0.5) is 5.13 Å². The predicted molar refractivity (Wildman–Crippen MR) is 94.7 cm³/mol. The van der Waals surface area contributed by atoms with Crippen LogP contribution in [0, 0.1) is 6.92 Å². The Morgan fingerprint density at radius 3 is 2.68 bits per heavy atom. The maximum atomic E-state index is 13.0. The maximum absolute atomic E-state index is 13.0.